The molecule has 0 atom stereocenters. The second-order valence-corrected chi connectivity index (χ2v) is 2.58. The first-order chi connectivity index (χ1) is 7.77. The number of aromatic nitrogens is 2. The van der Waals surface area contributed by atoms with Crippen LogP contribution in [-0.4, -0.2) is 21.0 Å². The van der Waals surface area contributed by atoms with Gasteiger partial charge in [0.25, 0.3) is 0 Å². The minimum Gasteiger partial charge on any atom is -0.476 e. The van der Waals surface area contributed by atoms with Gasteiger partial charge in [0.2, 0.25) is 5.89 Å². The Morgan fingerprint density at radius 1 is 1.44 bits per heavy atom. The number of nitrogens with zero attached hydrogens (tertiary/aromatic N) is 2. The zero-order valence-corrected chi connectivity index (χ0v) is 9.04. The van der Waals surface area contributed by atoms with Crippen molar-refractivity contribution in [3.63, 3.8) is 0 Å². The van der Waals surface area contributed by atoms with Crippen LogP contribution >= 0.6 is 0 Å². The van der Waals surface area contributed by atoms with Gasteiger partial charge in [-0.25, -0.2) is 9.78 Å². The van der Waals surface area contributed by atoms with Crippen LogP contribution in [0.4, 0.5) is 0 Å². The minimum atomic E-state index is -1.11. The molecule has 2 aromatic heterocycles. The molecule has 16 heavy (non-hydrogen) atoms. The summed E-state index contributed by atoms with van der Waals surface area (Å²) in [6, 6.07) is 3.46. The van der Waals surface area contributed by atoms with Gasteiger partial charge in [-0.3, -0.25) is 4.98 Å². The van der Waals surface area contributed by atoms with Crippen LogP contribution in [0.5, 0.6) is 0 Å². The topological polar surface area (TPSA) is 76.2 Å². The molecule has 0 bridgehead atoms. The molecule has 0 amide bonds. The van der Waals surface area contributed by atoms with Crippen LogP contribution in [0.25, 0.3) is 11.5 Å². The Morgan fingerprint density at radius 3 is 2.69 bits per heavy atom. The lowest BCUT2D eigenvalue weighted by molar-refractivity contribution is 0.0690. The first kappa shape index (κ1) is 11.9. The molecule has 2 heterocycles. The Morgan fingerprint density at radius 2 is 2.19 bits per heavy atom. The van der Waals surface area contributed by atoms with E-state index in [2.05, 4.69) is 9.97 Å². The van der Waals surface area contributed by atoms with Gasteiger partial charge in [0.05, 0.1) is 5.56 Å². The van der Waals surface area contributed by atoms with Gasteiger partial charge < -0.3 is 9.52 Å². The van der Waals surface area contributed by atoms with E-state index in [4.69, 9.17) is 9.52 Å². The molecule has 5 nitrogen and oxygen atoms in total. The molecule has 0 aromatic carbocycles. The summed E-state index contributed by atoms with van der Waals surface area (Å²) in [4.78, 5) is 18.1. The number of oxazole rings is 1. The molecule has 0 saturated heterocycles. The van der Waals surface area contributed by atoms with Crippen LogP contribution in [0, 0.1) is 0 Å². The lowest BCUT2D eigenvalue weighted by atomic mass is 10.3. The molecule has 0 unspecified atom stereocenters. The molecule has 0 fully saturated rings. The van der Waals surface area contributed by atoms with E-state index in [0.717, 1.165) is 6.26 Å². The second-order valence-electron chi connectivity index (χ2n) is 2.58. The van der Waals surface area contributed by atoms with Crippen molar-refractivity contribution in [3.05, 3.63) is 36.5 Å². The first-order valence-electron chi connectivity index (χ1n) is 4.86. The standard InChI is InChI=1S/C9H6N2O3.C2H6/c12-9(13)7-5-14-8(11-7)6-2-1-3-10-4-6;1-2/h1-5H,(H,12,13);1-2H3. The number of aromatic carboxylic acids is 1. The smallest absolute Gasteiger partial charge is 0.357 e. The van der Waals surface area contributed by atoms with Crippen molar-refractivity contribution < 1.29 is 14.3 Å². The van der Waals surface area contributed by atoms with Crippen LogP contribution < -0.4 is 0 Å². The summed E-state index contributed by atoms with van der Waals surface area (Å²) in [5.41, 5.74) is 0.545. The summed E-state index contributed by atoms with van der Waals surface area (Å²) in [7, 11) is 0. The summed E-state index contributed by atoms with van der Waals surface area (Å²) in [6.45, 7) is 4.00. The molecule has 0 aliphatic heterocycles. The minimum absolute atomic E-state index is 0.108. The summed E-state index contributed by atoms with van der Waals surface area (Å²) >= 11 is 0. The molecule has 5 heteroatoms. The van der Waals surface area contributed by atoms with Gasteiger partial charge in [0, 0.05) is 12.4 Å². The molecule has 0 saturated carbocycles. The number of carboxylic acids is 1. The maximum atomic E-state index is 10.5. The van der Waals surface area contributed by atoms with E-state index in [1.54, 1.807) is 24.5 Å². The van der Waals surface area contributed by atoms with Gasteiger partial charge in [-0.2, -0.15) is 0 Å². The third-order valence-electron chi connectivity index (χ3n) is 1.63. The van der Waals surface area contributed by atoms with E-state index in [0.29, 0.717) is 5.56 Å². The number of hydrogen-bond donors (Lipinski definition) is 1. The van der Waals surface area contributed by atoms with Crippen LogP contribution in [0.3, 0.4) is 0 Å². The van der Waals surface area contributed by atoms with Crippen molar-refractivity contribution in [3.8, 4) is 11.5 Å². The van der Waals surface area contributed by atoms with E-state index in [-0.39, 0.29) is 11.6 Å². The van der Waals surface area contributed by atoms with Crippen molar-refractivity contribution in [1.82, 2.24) is 9.97 Å². The van der Waals surface area contributed by atoms with Gasteiger partial charge in [0.15, 0.2) is 5.69 Å². The van der Waals surface area contributed by atoms with E-state index < -0.39 is 5.97 Å². The van der Waals surface area contributed by atoms with Crippen LogP contribution in [0.15, 0.2) is 35.2 Å². The third-order valence-corrected chi connectivity index (χ3v) is 1.63. The zero-order chi connectivity index (χ0) is 12.0. The SMILES string of the molecule is CC.O=C(O)c1coc(-c2cccnc2)n1. The fourth-order valence-electron chi connectivity index (χ4n) is 0.994. The number of hydrogen-bond acceptors (Lipinski definition) is 4. The molecule has 2 aromatic rings. The Labute approximate surface area is 92.8 Å². The normalized spacial score (nSPS) is 9.12. The quantitative estimate of drug-likeness (QED) is 0.841. The number of carboxylic acid groups (broad SMARTS) is 1. The second kappa shape index (κ2) is 5.65. The summed E-state index contributed by atoms with van der Waals surface area (Å²) < 4.78 is 4.98. The monoisotopic (exact) mass is 220 g/mol. The van der Waals surface area contributed by atoms with Gasteiger partial charge in [-0.1, -0.05) is 13.8 Å². The van der Waals surface area contributed by atoms with E-state index in [9.17, 15) is 4.79 Å². The molecule has 0 spiro atoms. The molecule has 0 aliphatic carbocycles. The molecule has 2 rings (SSSR count). The number of carbonyl (C=O) groups is 1. The van der Waals surface area contributed by atoms with Crippen molar-refractivity contribution in [2.45, 2.75) is 13.8 Å². The van der Waals surface area contributed by atoms with Crippen LogP contribution in [0.1, 0.15) is 24.3 Å². The predicted molar refractivity (Wildman–Crippen MR) is 58.0 cm³/mol. The zero-order valence-electron chi connectivity index (χ0n) is 9.04. The van der Waals surface area contributed by atoms with E-state index in [1.807, 2.05) is 13.8 Å². The van der Waals surface area contributed by atoms with E-state index >= 15 is 0 Å². The lowest BCUT2D eigenvalue weighted by Crippen LogP contribution is -1.95. The van der Waals surface area contributed by atoms with Crippen molar-refractivity contribution in [1.29, 1.82) is 0 Å². The van der Waals surface area contributed by atoms with Crippen LogP contribution in [0.2, 0.25) is 0 Å². The predicted octanol–water partition coefficient (Wildman–Crippen LogP) is 2.46. The van der Waals surface area contributed by atoms with E-state index in [1.165, 1.54) is 0 Å². The average molecular weight is 220 g/mol. The highest BCUT2D eigenvalue weighted by molar-refractivity contribution is 5.85. The van der Waals surface area contributed by atoms with Crippen molar-refractivity contribution in [2.75, 3.05) is 0 Å². The highest BCUT2D eigenvalue weighted by Gasteiger charge is 2.11. The third kappa shape index (κ3) is 2.66. The average Bonchev–Trinajstić information content (AvgIpc) is 2.82. The Kier molecular flexibility index (Phi) is 4.20. The first-order valence-corrected chi connectivity index (χ1v) is 4.86. The molecule has 1 N–H and O–H groups in total. The van der Waals surface area contributed by atoms with Gasteiger partial charge in [0.1, 0.15) is 6.26 Å². The number of pyridine rings is 1. The number of rotatable bonds is 2. The molecule has 0 aliphatic rings. The molecular weight excluding hydrogens is 208 g/mol. The summed E-state index contributed by atoms with van der Waals surface area (Å²) in [5.74, 6) is -0.848. The summed E-state index contributed by atoms with van der Waals surface area (Å²) in [6.07, 6.45) is 4.27. The fourth-order valence-corrected chi connectivity index (χ4v) is 0.994. The Hall–Kier alpha value is -2.17. The maximum absolute atomic E-state index is 10.5. The largest absolute Gasteiger partial charge is 0.476 e. The molecular formula is C11H12N2O3. The van der Waals surface area contributed by atoms with Crippen molar-refractivity contribution in [2.24, 2.45) is 0 Å². The van der Waals surface area contributed by atoms with Crippen LogP contribution in [-0.2, 0) is 0 Å². The van der Waals surface area contributed by atoms with Gasteiger partial charge in [-0.05, 0) is 12.1 Å². The highest BCUT2D eigenvalue weighted by Crippen LogP contribution is 2.16. The lowest BCUT2D eigenvalue weighted by Gasteiger charge is -1.90. The molecule has 84 valence electrons. The summed E-state index contributed by atoms with van der Waals surface area (Å²) in [5, 5.41) is 8.61. The Balaban J connectivity index is 0.000000606. The highest BCUT2D eigenvalue weighted by atomic mass is 16.4. The maximum Gasteiger partial charge on any atom is 0.357 e. The fraction of sp³-hybridized carbons (Fsp3) is 0.182. The molecule has 0 radical (unpaired) electrons. The van der Waals surface area contributed by atoms with Crippen molar-refractivity contribution >= 4 is 5.97 Å². The Bertz CT molecular complexity index is 451. The van der Waals surface area contributed by atoms with Gasteiger partial charge >= 0.3 is 5.97 Å². The van der Waals surface area contributed by atoms with Gasteiger partial charge in [-0.15, -0.1) is 0 Å².